The number of rotatable bonds is 6. The highest BCUT2D eigenvalue weighted by atomic mass is 35.5. The summed E-state index contributed by atoms with van der Waals surface area (Å²) in [4.78, 5) is 23.8. The number of benzene rings is 1. The van der Waals surface area contributed by atoms with E-state index in [1.54, 1.807) is 13.0 Å². The largest absolute Gasteiger partial charge is 0.456 e. The van der Waals surface area contributed by atoms with Gasteiger partial charge in [-0.1, -0.05) is 22.8 Å². The summed E-state index contributed by atoms with van der Waals surface area (Å²) in [6.45, 7) is 7.03. The van der Waals surface area contributed by atoms with E-state index in [9.17, 15) is 9.59 Å². The molecule has 134 valence electrons. The van der Waals surface area contributed by atoms with Gasteiger partial charge in [0.2, 0.25) is 0 Å². The number of esters is 1. The summed E-state index contributed by atoms with van der Waals surface area (Å²) in [5.41, 5.74) is 4.04. The molecule has 1 heterocycles. The van der Waals surface area contributed by atoms with E-state index in [-0.39, 0.29) is 13.0 Å². The Morgan fingerprint density at radius 1 is 1.24 bits per heavy atom. The molecule has 2 rings (SSSR count). The third kappa shape index (κ3) is 5.06. The molecule has 0 fully saturated rings. The van der Waals surface area contributed by atoms with Crippen molar-refractivity contribution in [3.8, 4) is 0 Å². The van der Waals surface area contributed by atoms with Crippen LogP contribution in [0.4, 0.5) is 5.69 Å². The second-order valence-corrected chi connectivity index (χ2v) is 6.36. The molecule has 7 heteroatoms. The van der Waals surface area contributed by atoms with Gasteiger partial charge in [0.05, 0.1) is 16.4 Å². The van der Waals surface area contributed by atoms with Gasteiger partial charge in [0.15, 0.2) is 6.61 Å². The second kappa shape index (κ2) is 8.16. The minimum Gasteiger partial charge on any atom is -0.456 e. The molecule has 0 radical (unpaired) electrons. The zero-order valence-electron chi connectivity index (χ0n) is 14.7. The molecule has 0 aliphatic carbocycles. The molecule has 25 heavy (non-hydrogen) atoms. The highest BCUT2D eigenvalue weighted by Crippen LogP contribution is 2.27. The minimum atomic E-state index is -0.457. The van der Waals surface area contributed by atoms with Crippen molar-refractivity contribution in [3.05, 3.63) is 45.3 Å². The van der Waals surface area contributed by atoms with Crippen molar-refractivity contribution in [2.45, 2.75) is 40.5 Å². The number of anilines is 1. The first-order valence-electron chi connectivity index (χ1n) is 7.92. The Bertz CT molecular complexity index is 756. The van der Waals surface area contributed by atoms with E-state index >= 15 is 0 Å². The molecule has 0 saturated heterocycles. The average Bonchev–Trinajstić information content (AvgIpc) is 2.85. The van der Waals surface area contributed by atoms with Crippen LogP contribution in [0, 0.1) is 27.7 Å². The first-order chi connectivity index (χ1) is 11.8. The van der Waals surface area contributed by atoms with Crippen molar-refractivity contribution in [2.24, 2.45) is 0 Å². The maximum atomic E-state index is 12.0. The third-order valence-corrected chi connectivity index (χ3v) is 4.12. The molecular formula is C18H21ClN2O4. The van der Waals surface area contributed by atoms with E-state index in [0.29, 0.717) is 22.9 Å². The highest BCUT2D eigenvalue weighted by molar-refractivity contribution is 6.34. The van der Waals surface area contributed by atoms with Gasteiger partial charge in [0, 0.05) is 12.0 Å². The normalized spacial score (nSPS) is 10.6. The zero-order valence-corrected chi connectivity index (χ0v) is 15.5. The lowest BCUT2D eigenvalue weighted by molar-refractivity contribution is -0.147. The highest BCUT2D eigenvalue weighted by Gasteiger charge is 2.14. The minimum absolute atomic E-state index is 0.153. The molecule has 0 aliphatic rings. The Morgan fingerprint density at radius 3 is 2.56 bits per heavy atom. The fourth-order valence-corrected chi connectivity index (χ4v) is 2.92. The number of hydrogen-bond acceptors (Lipinski definition) is 5. The summed E-state index contributed by atoms with van der Waals surface area (Å²) < 4.78 is 10.1. The average molecular weight is 365 g/mol. The van der Waals surface area contributed by atoms with Gasteiger partial charge in [-0.25, -0.2) is 0 Å². The molecule has 6 nitrogen and oxygen atoms in total. The van der Waals surface area contributed by atoms with Gasteiger partial charge in [-0.3, -0.25) is 9.59 Å². The van der Waals surface area contributed by atoms with Crippen LogP contribution in [0.3, 0.4) is 0 Å². The van der Waals surface area contributed by atoms with Crippen LogP contribution in [0.5, 0.6) is 0 Å². The number of nitrogens with zero attached hydrogens (tertiary/aromatic N) is 1. The Hall–Kier alpha value is -2.34. The number of halogens is 1. The molecule has 1 N–H and O–H groups in total. The lowest BCUT2D eigenvalue weighted by atomic mass is 10.1. The van der Waals surface area contributed by atoms with Gasteiger partial charge in [-0.15, -0.1) is 0 Å². The number of aryl methyl sites for hydroxylation is 4. The van der Waals surface area contributed by atoms with Crippen LogP contribution in [-0.4, -0.2) is 23.6 Å². The first-order valence-corrected chi connectivity index (χ1v) is 8.29. The monoisotopic (exact) mass is 364 g/mol. The van der Waals surface area contributed by atoms with Crippen LogP contribution in [0.1, 0.15) is 34.6 Å². The standard InChI is InChI=1S/C18H21ClN2O4/c1-10-7-11(2)18(15(19)8-10)20-16(22)9-24-17(23)6-5-14-12(3)21-25-13(14)4/h7-8H,5-6,9H2,1-4H3,(H,20,22). The summed E-state index contributed by atoms with van der Waals surface area (Å²) >= 11 is 6.14. The van der Waals surface area contributed by atoms with Gasteiger partial charge >= 0.3 is 5.97 Å². The fourth-order valence-electron chi connectivity index (χ4n) is 2.55. The van der Waals surface area contributed by atoms with Gasteiger partial charge in [-0.2, -0.15) is 0 Å². The van der Waals surface area contributed by atoms with Crippen molar-refractivity contribution in [1.29, 1.82) is 0 Å². The number of carbonyl (C=O) groups excluding carboxylic acids is 2. The van der Waals surface area contributed by atoms with E-state index < -0.39 is 11.9 Å². The van der Waals surface area contributed by atoms with E-state index in [0.717, 1.165) is 22.4 Å². The molecule has 0 aliphatic heterocycles. The van der Waals surface area contributed by atoms with Crippen molar-refractivity contribution < 1.29 is 18.8 Å². The summed E-state index contributed by atoms with van der Waals surface area (Å²) in [6, 6.07) is 3.68. The number of ether oxygens (including phenoxy) is 1. The van der Waals surface area contributed by atoms with Gasteiger partial charge in [0.25, 0.3) is 5.91 Å². The summed E-state index contributed by atoms with van der Waals surface area (Å²) in [5.74, 6) is -0.200. The summed E-state index contributed by atoms with van der Waals surface area (Å²) in [6.07, 6.45) is 0.616. The number of nitrogens with one attached hydrogen (secondary N) is 1. The van der Waals surface area contributed by atoms with Crippen molar-refractivity contribution in [1.82, 2.24) is 5.16 Å². The van der Waals surface area contributed by atoms with Crippen molar-refractivity contribution in [3.63, 3.8) is 0 Å². The van der Waals surface area contributed by atoms with Gasteiger partial charge < -0.3 is 14.6 Å². The maximum absolute atomic E-state index is 12.0. The molecule has 1 aromatic carbocycles. The molecule has 0 saturated carbocycles. The van der Waals surface area contributed by atoms with E-state index in [1.165, 1.54) is 0 Å². The maximum Gasteiger partial charge on any atom is 0.306 e. The number of hydrogen-bond donors (Lipinski definition) is 1. The lowest BCUT2D eigenvalue weighted by Gasteiger charge is -2.11. The summed E-state index contributed by atoms with van der Waals surface area (Å²) in [5, 5.41) is 6.96. The predicted molar refractivity (Wildman–Crippen MR) is 94.8 cm³/mol. The fraction of sp³-hybridized carbons (Fsp3) is 0.389. The summed E-state index contributed by atoms with van der Waals surface area (Å²) in [7, 11) is 0. The van der Waals surface area contributed by atoms with Crippen LogP contribution < -0.4 is 5.32 Å². The van der Waals surface area contributed by atoms with E-state index in [4.69, 9.17) is 20.9 Å². The second-order valence-electron chi connectivity index (χ2n) is 5.95. The quantitative estimate of drug-likeness (QED) is 0.791. The SMILES string of the molecule is Cc1cc(C)c(NC(=O)COC(=O)CCc2c(C)noc2C)c(Cl)c1. The molecule has 0 spiro atoms. The van der Waals surface area contributed by atoms with Crippen molar-refractivity contribution >= 4 is 29.2 Å². The lowest BCUT2D eigenvalue weighted by Crippen LogP contribution is -2.21. The number of amides is 1. The number of aromatic nitrogens is 1. The molecule has 0 unspecified atom stereocenters. The Balaban J connectivity index is 1.83. The predicted octanol–water partition coefficient (Wildman–Crippen LogP) is 3.68. The van der Waals surface area contributed by atoms with Crippen LogP contribution in [0.25, 0.3) is 0 Å². The molecule has 2 aromatic rings. The zero-order chi connectivity index (χ0) is 18.6. The Kier molecular flexibility index (Phi) is 6.20. The Labute approximate surface area is 151 Å². The van der Waals surface area contributed by atoms with E-state index in [2.05, 4.69) is 10.5 Å². The molecule has 0 bridgehead atoms. The molecule has 1 aromatic heterocycles. The molecule has 0 atom stereocenters. The topological polar surface area (TPSA) is 81.4 Å². The van der Waals surface area contributed by atoms with Crippen LogP contribution in [0.15, 0.2) is 16.7 Å². The van der Waals surface area contributed by atoms with Gasteiger partial charge in [0.1, 0.15) is 5.76 Å². The smallest absolute Gasteiger partial charge is 0.306 e. The van der Waals surface area contributed by atoms with Crippen LogP contribution >= 0.6 is 11.6 Å². The Morgan fingerprint density at radius 2 is 1.96 bits per heavy atom. The molecular weight excluding hydrogens is 344 g/mol. The number of carbonyl (C=O) groups is 2. The van der Waals surface area contributed by atoms with Gasteiger partial charge in [-0.05, 0) is 51.3 Å². The first kappa shape index (κ1) is 19.0. The molecule has 1 amide bonds. The van der Waals surface area contributed by atoms with Crippen LogP contribution in [-0.2, 0) is 20.7 Å². The van der Waals surface area contributed by atoms with E-state index in [1.807, 2.05) is 26.8 Å². The van der Waals surface area contributed by atoms with Crippen molar-refractivity contribution in [2.75, 3.05) is 11.9 Å². The third-order valence-electron chi connectivity index (χ3n) is 3.82. The van der Waals surface area contributed by atoms with Crippen LogP contribution in [0.2, 0.25) is 5.02 Å².